The summed E-state index contributed by atoms with van der Waals surface area (Å²) in [6, 6.07) is 20.4. The molecule has 1 atom stereocenters. The SMILES string of the molecule is CCNC(=O)C(Cc1ccccc1)N(Cc1ccc(Cl)cc1Cl)C(=O)CN(c1ccc(C(C)C)cc1)S(C)(=O)=O. The Morgan fingerprint density at radius 2 is 1.60 bits per heavy atom. The lowest BCUT2D eigenvalue weighted by Gasteiger charge is -2.33. The second kappa shape index (κ2) is 14.0. The number of nitrogens with zero attached hydrogens (tertiary/aromatic N) is 2. The second-order valence-corrected chi connectivity index (χ2v) is 12.6. The van der Waals surface area contributed by atoms with Crippen LogP contribution in [-0.2, 0) is 32.6 Å². The lowest BCUT2D eigenvalue weighted by Crippen LogP contribution is -2.53. The summed E-state index contributed by atoms with van der Waals surface area (Å²) in [7, 11) is -3.84. The molecular weight excluding hydrogens is 569 g/mol. The fraction of sp³-hybridized carbons (Fsp3) is 0.333. The third kappa shape index (κ3) is 8.46. The van der Waals surface area contributed by atoms with Crippen LogP contribution >= 0.6 is 23.2 Å². The van der Waals surface area contributed by atoms with Crippen molar-refractivity contribution < 1.29 is 18.0 Å². The highest BCUT2D eigenvalue weighted by Crippen LogP contribution is 2.26. The molecule has 3 aromatic rings. The van der Waals surface area contributed by atoms with Crippen LogP contribution in [0.2, 0.25) is 10.0 Å². The Hall–Kier alpha value is -3.07. The molecule has 0 aliphatic heterocycles. The Balaban J connectivity index is 2.05. The van der Waals surface area contributed by atoms with E-state index in [9.17, 15) is 18.0 Å². The summed E-state index contributed by atoms with van der Waals surface area (Å²) in [5.74, 6) is -0.633. The molecule has 1 N–H and O–H groups in total. The summed E-state index contributed by atoms with van der Waals surface area (Å²) in [5.41, 5.74) is 2.83. The summed E-state index contributed by atoms with van der Waals surface area (Å²) in [6.45, 7) is 5.74. The number of carbonyl (C=O) groups is 2. The van der Waals surface area contributed by atoms with E-state index in [0.717, 1.165) is 21.7 Å². The van der Waals surface area contributed by atoms with Gasteiger partial charge in [-0.05, 0) is 53.8 Å². The number of hydrogen-bond donors (Lipinski definition) is 1. The molecule has 0 radical (unpaired) electrons. The lowest BCUT2D eigenvalue weighted by molar-refractivity contribution is -0.140. The van der Waals surface area contributed by atoms with E-state index in [1.54, 1.807) is 37.3 Å². The number of hydrogen-bond acceptors (Lipinski definition) is 4. The molecule has 3 rings (SSSR count). The van der Waals surface area contributed by atoms with Crippen LogP contribution in [0, 0.1) is 0 Å². The minimum Gasteiger partial charge on any atom is -0.355 e. The first-order valence-corrected chi connectivity index (χ1v) is 15.6. The van der Waals surface area contributed by atoms with E-state index in [0.29, 0.717) is 27.8 Å². The van der Waals surface area contributed by atoms with Crippen LogP contribution in [0.1, 0.15) is 43.4 Å². The predicted octanol–water partition coefficient (Wildman–Crippen LogP) is 5.66. The summed E-state index contributed by atoms with van der Waals surface area (Å²) in [5, 5.41) is 3.60. The van der Waals surface area contributed by atoms with Crippen molar-refractivity contribution in [2.24, 2.45) is 0 Å². The van der Waals surface area contributed by atoms with Crippen molar-refractivity contribution in [3.8, 4) is 0 Å². The van der Waals surface area contributed by atoms with Gasteiger partial charge in [-0.15, -0.1) is 0 Å². The average Bonchev–Trinajstić information content (AvgIpc) is 2.90. The largest absolute Gasteiger partial charge is 0.355 e. The van der Waals surface area contributed by atoms with Gasteiger partial charge in [0, 0.05) is 29.6 Å². The summed E-state index contributed by atoms with van der Waals surface area (Å²) >= 11 is 12.6. The van der Waals surface area contributed by atoms with Crippen molar-refractivity contribution in [3.05, 3.63) is 99.5 Å². The molecular formula is C30H35Cl2N3O4S. The van der Waals surface area contributed by atoms with Gasteiger partial charge in [-0.3, -0.25) is 13.9 Å². The highest BCUT2D eigenvalue weighted by Gasteiger charge is 2.33. The zero-order chi connectivity index (χ0) is 29.4. The first-order valence-electron chi connectivity index (χ1n) is 13.0. The van der Waals surface area contributed by atoms with E-state index < -0.39 is 28.5 Å². The van der Waals surface area contributed by atoms with Crippen molar-refractivity contribution >= 4 is 50.7 Å². The third-order valence-electron chi connectivity index (χ3n) is 6.50. The molecule has 0 aliphatic rings. The maximum Gasteiger partial charge on any atom is 0.244 e. The number of carbonyl (C=O) groups excluding carboxylic acids is 2. The van der Waals surface area contributed by atoms with Gasteiger partial charge in [0.05, 0.1) is 11.9 Å². The number of sulfonamides is 1. The Bertz CT molecular complexity index is 1410. The van der Waals surface area contributed by atoms with Crippen LogP contribution in [0.15, 0.2) is 72.8 Å². The molecule has 2 amide bonds. The summed E-state index contributed by atoms with van der Waals surface area (Å²) in [6.07, 6.45) is 1.29. The molecule has 40 heavy (non-hydrogen) atoms. The molecule has 0 aliphatic carbocycles. The fourth-order valence-corrected chi connectivity index (χ4v) is 5.64. The zero-order valence-corrected chi connectivity index (χ0v) is 25.4. The topological polar surface area (TPSA) is 86.8 Å². The Labute approximate surface area is 247 Å². The monoisotopic (exact) mass is 603 g/mol. The highest BCUT2D eigenvalue weighted by atomic mass is 35.5. The maximum absolute atomic E-state index is 14.0. The Morgan fingerprint density at radius 3 is 2.15 bits per heavy atom. The fourth-order valence-electron chi connectivity index (χ4n) is 4.32. The van der Waals surface area contributed by atoms with Gasteiger partial charge in [-0.25, -0.2) is 8.42 Å². The number of benzene rings is 3. The van der Waals surface area contributed by atoms with Crippen molar-refractivity contribution in [3.63, 3.8) is 0 Å². The minimum atomic E-state index is -3.84. The van der Waals surface area contributed by atoms with E-state index in [4.69, 9.17) is 23.2 Å². The van der Waals surface area contributed by atoms with Crippen LogP contribution < -0.4 is 9.62 Å². The van der Waals surface area contributed by atoms with Gasteiger partial charge in [-0.1, -0.05) is 85.6 Å². The molecule has 1 unspecified atom stereocenters. The quantitative estimate of drug-likeness (QED) is 0.289. The summed E-state index contributed by atoms with van der Waals surface area (Å²) in [4.78, 5) is 28.8. The minimum absolute atomic E-state index is 0.0205. The van der Waals surface area contributed by atoms with Crippen LogP contribution in [0.5, 0.6) is 0 Å². The van der Waals surface area contributed by atoms with E-state index in [1.165, 1.54) is 4.90 Å². The van der Waals surface area contributed by atoms with E-state index in [2.05, 4.69) is 5.32 Å². The Morgan fingerprint density at radius 1 is 0.950 bits per heavy atom. The maximum atomic E-state index is 14.0. The third-order valence-corrected chi connectivity index (χ3v) is 8.23. The van der Waals surface area contributed by atoms with Gasteiger partial charge in [0.25, 0.3) is 0 Å². The molecule has 0 bridgehead atoms. The van der Waals surface area contributed by atoms with Crippen LogP contribution in [0.25, 0.3) is 0 Å². The zero-order valence-electron chi connectivity index (χ0n) is 23.1. The first kappa shape index (κ1) is 31.5. The van der Waals surface area contributed by atoms with Crippen molar-refractivity contribution in [1.82, 2.24) is 10.2 Å². The van der Waals surface area contributed by atoms with Crippen molar-refractivity contribution in [2.45, 2.75) is 45.7 Å². The van der Waals surface area contributed by atoms with Gasteiger partial charge >= 0.3 is 0 Å². The molecule has 0 spiro atoms. The average molecular weight is 605 g/mol. The van der Waals surface area contributed by atoms with Gasteiger partial charge in [0.2, 0.25) is 21.8 Å². The van der Waals surface area contributed by atoms with E-state index in [-0.39, 0.29) is 24.8 Å². The van der Waals surface area contributed by atoms with Crippen molar-refractivity contribution in [2.75, 3.05) is 23.7 Å². The molecule has 214 valence electrons. The van der Waals surface area contributed by atoms with Crippen LogP contribution in [-0.4, -0.2) is 50.5 Å². The number of halogens is 2. The lowest BCUT2D eigenvalue weighted by atomic mass is 10.0. The smallest absolute Gasteiger partial charge is 0.244 e. The number of amides is 2. The Kier molecular flexibility index (Phi) is 11.0. The first-order chi connectivity index (χ1) is 18.9. The number of nitrogens with one attached hydrogen (secondary N) is 1. The predicted molar refractivity (Wildman–Crippen MR) is 162 cm³/mol. The highest BCUT2D eigenvalue weighted by molar-refractivity contribution is 7.92. The molecule has 0 saturated carbocycles. The van der Waals surface area contributed by atoms with Crippen LogP contribution in [0.3, 0.4) is 0 Å². The van der Waals surface area contributed by atoms with Crippen molar-refractivity contribution in [1.29, 1.82) is 0 Å². The normalized spacial score (nSPS) is 12.2. The van der Waals surface area contributed by atoms with Gasteiger partial charge in [0.15, 0.2) is 0 Å². The standard InChI is InChI=1S/C30H35Cl2N3O4S/c1-5-33-30(37)28(17-22-9-7-6-8-10-22)34(19-24-11-14-25(31)18-27(24)32)29(36)20-35(40(4,38)39)26-15-12-23(13-16-26)21(2)3/h6-16,18,21,28H,5,17,19-20H2,1-4H3,(H,33,37). The molecule has 10 heteroatoms. The number of anilines is 1. The second-order valence-electron chi connectivity index (χ2n) is 9.87. The molecule has 0 saturated heterocycles. The van der Waals surface area contributed by atoms with Gasteiger partial charge in [0.1, 0.15) is 12.6 Å². The summed E-state index contributed by atoms with van der Waals surface area (Å²) < 4.78 is 26.9. The number of rotatable bonds is 12. The molecule has 3 aromatic carbocycles. The molecule has 0 aromatic heterocycles. The van der Waals surface area contributed by atoms with E-state index >= 15 is 0 Å². The molecule has 7 nitrogen and oxygen atoms in total. The number of likely N-dealkylation sites (N-methyl/N-ethyl adjacent to an activating group) is 1. The van der Waals surface area contributed by atoms with Gasteiger partial charge < -0.3 is 10.2 Å². The molecule has 0 heterocycles. The molecule has 0 fully saturated rings. The van der Waals surface area contributed by atoms with Crippen LogP contribution in [0.4, 0.5) is 5.69 Å². The van der Waals surface area contributed by atoms with Gasteiger partial charge in [-0.2, -0.15) is 0 Å². The van der Waals surface area contributed by atoms with E-state index in [1.807, 2.05) is 56.3 Å².